The highest BCUT2D eigenvalue weighted by molar-refractivity contribution is 9.10. The summed E-state index contributed by atoms with van der Waals surface area (Å²) < 4.78 is 5.81. The topological polar surface area (TPSA) is 88.2 Å². The zero-order valence-electron chi connectivity index (χ0n) is 13.6. The largest absolute Gasteiger partial charge is 0.502 e. The van der Waals surface area contributed by atoms with Crippen molar-refractivity contribution in [3.8, 4) is 5.75 Å². The quantitative estimate of drug-likeness (QED) is 0.435. The van der Waals surface area contributed by atoms with Gasteiger partial charge in [-0.3, -0.25) is 15.1 Å². The summed E-state index contributed by atoms with van der Waals surface area (Å²) in [7, 11) is 0. The van der Waals surface area contributed by atoms with Gasteiger partial charge in [0.1, 0.15) is 0 Å². The summed E-state index contributed by atoms with van der Waals surface area (Å²) in [6.07, 6.45) is 1.37. The predicted octanol–water partition coefficient (Wildman–Crippen LogP) is 4.30. The first-order valence-electron chi connectivity index (χ1n) is 7.79. The molecule has 1 heterocycles. The van der Waals surface area contributed by atoms with Gasteiger partial charge in [-0.25, -0.2) is 0 Å². The van der Waals surface area contributed by atoms with Crippen molar-refractivity contribution in [1.82, 2.24) is 0 Å². The minimum absolute atomic E-state index is 0.236. The number of phenols is 1. The van der Waals surface area contributed by atoms with Crippen molar-refractivity contribution in [3.63, 3.8) is 0 Å². The maximum Gasteiger partial charge on any atom is 0.312 e. The number of hydrogen-bond acceptors (Lipinski definition) is 6. The van der Waals surface area contributed by atoms with Gasteiger partial charge in [0.15, 0.2) is 0 Å². The van der Waals surface area contributed by atoms with Crippen molar-refractivity contribution >= 4 is 50.8 Å². The Hall–Kier alpha value is -2.16. The van der Waals surface area contributed by atoms with E-state index >= 15 is 0 Å². The van der Waals surface area contributed by atoms with Crippen LogP contribution in [-0.2, 0) is 4.74 Å². The van der Waals surface area contributed by atoms with Crippen LogP contribution in [0.15, 0.2) is 39.8 Å². The van der Waals surface area contributed by atoms with Crippen molar-refractivity contribution in [2.45, 2.75) is 0 Å². The predicted molar refractivity (Wildman–Crippen MR) is 104 cm³/mol. The van der Waals surface area contributed by atoms with E-state index in [2.05, 4.69) is 25.8 Å². The molecular formula is C17H15BrClN3O4. The smallest absolute Gasteiger partial charge is 0.312 e. The maximum absolute atomic E-state index is 11.0. The van der Waals surface area contributed by atoms with Gasteiger partial charge in [-0.1, -0.05) is 27.5 Å². The number of benzene rings is 2. The van der Waals surface area contributed by atoms with Crippen LogP contribution in [0.25, 0.3) is 0 Å². The van der Waals surface area contributed by atoms with Gasteiger partial charge in [0.25, 0.3) is 0 Å². The lowest BCUT2D eigenvalue weighted by molar-refractivity contribution is -0.385. The Morgan fingerprint density at radius 3 is 2.69 bits per heavy atom. The zero-order chi connectivity index (χ0) is 18.7. The van der Waals surface area contributed by atoms with Gasteiger partial charge in [-0.05, 0) is 24.3 Å². The van der Waals surface area contributed by atoms with E-state index in [9.17, 15) is 15.2 Å². The number of phenolic OH excluding ortho intramolecular Hbond substituents is 1. The second-order valence-electron chi connectivity index (χ2n) is 5.61. The summed E-state index contributed by atoms with van der Waals surface area (Å²) in [5.41, 5.74) is 1.34. The van der Waals surface area contributed by atoms with Crippen LogP contribution in [-0.4, -0.2) is 42.5 Å². The first-order valence-corrected chi connectivity index (χ1v) is 8.96. The van der Waals surface area contributed by atoms with Crippen LogP contribution in [0.1, 0.15) is 5.56 Å². The number of morpholine rings is 1. The molecule has 0 amide bonds. The molecule has 1 aliphatic rings. The minimum atomic E-state index is -0.647. The van der Waals surface area contributed by atoms with Crippen LogP contribution in [0, 0.1) is 10.1 Å². The van der Waals surface area contributed by atoms with Crippen LogP contribution in [0.5, 0.6) is 5.75 Å². The molecule has 1 saturated heterocycles. The Morgan fingerprint density at radius 2 is 2.04 bits per heavy atom. The van der Waals surface area contributed by atoms with Gasteiger partial charge >= 0.3 is 5.69 Å². The summed E-state index contributed by atoms with van der Waals surface area (Å²) in [6, 6.07) is 8.18. The lowest BCUT2D eigenvalue weighted by Crippen LogP contribution is -2.36. The lowest BCUT2D eigenvalue weighted by atomic mass is 10.2. The molecule has 2 aromatic carbocycles. The van der Waals surface area contributed by atoms with Crippen LogP contribution >= 0.6 is 27.5 Å². The molecule has 0 aromatic heterocycles. The van der Waals surface area contributed by atoms with Crippen LogP contribution in [0.3, 0.4) is 0 Å². The highest BCUT2D eigenvalue weighted by Crippen LogP contribution is 2.34. The third-order valence-corrected chi connectivity index (χ3v) is 4.68. The van der Waals surface area contributed by atoms with Crippen molar-refractivity contribution in [2.75, 3.05) is 31.2 Å². The van der Waals surface area contributed by atoms with Gasteiger partial charge in [-0.15, -0.1) is 0 Å². The van der Waals surface area contributed by atoms with Gasteiger partial charge in [-0.2, -0.15) is 0 Å². The van der Waals surface area contributed by atoms with Crippen LogP contribution in [0.4, 0.5) is 17.1 Å². The van der Waals surface area contributed by atoms with E-state index in [4.69, 9.17) is 16.3 Å². The van der Waals surface area contributed by atoms with E-state index in [-0.39, 0.29) is 11.3 Å². The third kappa shape index (κ3) is 4.14. The van der Waals surface area contributed by atoms with E-state index in [1.165, 1.54) is 12.3 Å². The molecule has 1 aliphatic heterocycles. The van der Waals surface area contributed by atoms with Crippen molar-refractivity contribution < 1.29 is 14.8 Å². The fourth-order valence-corrected chi connectivity index (χ4v) is 3.38. The Kier molecular flexibility index (Phi) is 5.75. The van der Waals surface area contributed by atoms with Crippen LogP contribution < -0.4 is 4.90 Å². The summed E-state index contributed by atoms with van der Waals surface area (Å²) >= 11 is 9.56. The summed E-state index contributed by atoms with van der Waals surface area (Å²) in [5.74, 6) is -0.432. The zero-order valence-corrected chi connectivity index (χ0v) is 15.9. The standard InChI is InChI=1S/C17H15BrClN3O4/c18-12-7-11(17(23)16(8-12)22(24)25)10-20-13-1-2-15(14(19)9-13)21-3-5-26-6-4-21/h1-2,7-10,23H,3-6H2. The normalized spacial score (nSPS) is 14.8. The van der Waals surface area contributed by atoms with Crippen molar-refractivity contribution in [2.24, 2.45) is 4.99 Å². The molecule has 0 radical (unpaired) electrons. The number of nitro groups is 1. The third-order valence-electron chi connectivity index (χ3n) is 3.92. The molecule has 9 heteroatoms. The Balaban J connectivity index is 1.85. The molecule has 0 atom stereocenters. The molecule has 3 rings (SSSR count). The van der Waals surface area contributed by atoms with E-state index in [0.717, 1.165) is 18.8 Å². The first kappa shape index (κ1) is 18.6. The number of aliphatic imine (C=N–C) groups is 1. The number of nitro benzene ring substituents is 1. The van der Waals surface area contributed by atoms with E-state index in [0.29, 0.717) is 28.4 Å². The van der Waals surface area contributed by atoms with E-state index in [1.54, 1.807) is 18.2 Å². The van der Waals surface area contributed by atoms with Gasteiger partial charge in [0, 0.05) is 35.4 Å². The summed E-state index contributed by atoms with van der Waals surface area (Å²) in [5, 5.41) is 21.6. The maximum atomic E-state index is 11.0. The molecule has 0 spiro atoms. The van der Waals surface area contributed by atoms with Gasteiger partial charge < -0.3 is 14.7 Å². The lowest BCUT2D eigenvalue weighted by Gasteiger charge is -2.29. The number of anilines is 1. The SMILES string of the molecule is O=[N+]([O-])c1cc(Br)cc(C=Nc2ccc(N3CCOCC3)c(Cl)c2)c1O. The molecule has 0 saturated carbocycles. The fourth-order valence-electron chi connectivity index (χ4n) is 2.62. The fraction of sp³-hybridized carbons (Fsp3) is 0.235. The average molecular weight is 441 g/mol. The number of rotatable bonds is 4. The Bertz CT molecular complexity index is 869. The second kappa shape index (κ2) is 8.03. The number of halogens is 2. The highest BCUT2D eigenvalue weighted by atomic mass is 79.9. The van der Waals surface area contributed by atoms with E-state index < -0.39 is 10.7 Å². The van der Waals surface area contributed by atoms with Crippen LogP contribution in [0.2, 0.25) is 5.02 Å². The molecule has 1 fully saturated rings. The number of ether oxygens (including phenoxy) is 1. The van der Waals surface area contributed by atoms with Gasteiger partial charge in [0.05, 0.1) is 34.5 Å². The Labute approximate surface area is 163 Å². The average Bonchev–Trinajstić information content (AvgIpc) is 2.62. The first-order chi connectivity index (χ1) is 12.5. The highest BCUT2D eigenvalue weighted by Gasteiger charge is 2.18. The minimum Gasteiger partial charge on any atom is -0.502 e. The molecule has 0 unspecified atom stereocenters. The molecule has 0 aliphatic carbocycles. The van der Waals surface area contributed by atoms with Crippen molar-refractivity contribution in [3.05, 3.63) is 55.5 Å². The molecular weight excluding hydrogens is 426 g/mol. The summed E-state index contributed by atoms with van der Waals surface area (Å²) in [4.78, 5) is 16.7. The van der Waals surface area contributed by atoms with Crippen molar-refractivity contribution in [1.29, 1.82) is 0 Å². The monoisotopic (exact) mass is 439 g/mol. The molecule has 136 valence electrons. The molecule has 1 N–H and O–H groups in total. The summed E-state index contributed by atoms with van der Waals surface area (Å²) in [6.45, 7) is 2.88. The molecule has 2 aromatic rings. The Morgan fingerprint density at radius 1 is 1.31 bits per heavy atom. The molecule has 0 bridgehead atoms. The number of hydrogen-bond donors (Lipinski definition) is 1. The molecule has 26 heavy (non-hydrogen) atoms. The van der Waals surface area contributed by atoms with E-state index in [1.807, 2.05) is 6.07 Å². The number of nitrogens with zero attached hydrogens (tertiary/aromatic N) is 3. The van der Waals surface area contributed by atoms with Gasteiger partial charge in [0.2, 0.25) is 5.75 Å². The second-order valence-corrected chi connectivity index (χ2v) is 6.94. The number of aromatic hydroxyl groups is 1. The molecule has 7 nitrogen and oxygen atoms in total.